The van der Waals surface area contributed by atoms with Crippen molar-refractivity contribution in [3.05, 3.63) is 42.0 Å². The topological polar surface area (TPSA) is 43.4 Å². The molecule has 1 aromatic rings. The van der Waals surface area contributed by atoms with Gasteiger partial charge in [0.15, 0.2) is 0 Å². The lowest BCUT2D eigenvalue weighted by atomic mass is 9.79. The van der Waals surface area contributed by atoms with Crippen molar-refractivity contribution >= 4 is 17.8 Å². The predicted octanol–water partition coefficient (Wildman–Crippen LogP) is 5.28. The molecule has 0 aromatic heterocycles. The van der Waals surface area contributed by atoms with Gasteiger partial charge in [-0.05, 0) is 56.6 Å². The first-order chi connectivity index (χ1) is 12.7. The lowest BCUT2D eigenvalue weighted by Crippen LogP contribution is -2.46. The molecule has 1 atom stereocenters. The largest absolute Gasteiger partial charge is 0.462 e. The Balaban J connectivity index is 2.16. The highest BCUT2D eigenvalue weighted by Crippen LogP contribution is 2.36. The summed E-state index contributed by atoms with van der Waals surface area (Å²) in [5, 5.41) is 0. The molecule has 0 spiro atoms. The van der Waals surface area contributed by atoms with Crippen LogP contribution in [0.25, 0.3) is 6.08 Å². The Bertz CT molecular complexity index is 673. The van der Waals surface area contributed by atoms with Crippen LogP contribution in [0.5, 0.6) is 0 Å². The van der Waals surface area contributed by atoms with Gasteiger partial charge in [0.1, 0.15) is 11.5 Å². The van der Waals surface area contributed by atoms with Gasteiger partial charge in [-0.15, -0.1) is 0 Å². The molecule has 0 radical (unpaired) electrons. The summed E-state index contributed by atoms with van der Waals surface area (Å²) in [5.74, 6) is -3.11. The Hall–Kier alpha value is -2.11. The average molecular weight is 382 g/mol. The molecule has 0 amide bonds. The molecule has 0 N–H and O–H groups in total. The number of carbonyl (C=O) groups excluding carboxylic acids is 2. The fourth-order valence-electron chi connectivity index (χ4n) is 3.30. The van der Waals surface area contributed by atoms with Gasteiger partial charge in [-0.2, -0.15) is 13.2 Å². The van der Waals surface area contributed by atoms with Crippen molar-refractivity contribution in [3.8, 4) is 0 Å². The zero-order valence-electron chi connectivity index (χ0n) is 15.5. The number of rotatable bonds is 7. The zero-order valence-corrected chi connectivity index (χ0v) is 15.5. The molecule has 0 heterocycles. The van der Waals surface area contributed by atoms with E-state index in [0.29, 0.717) is 12.8 Å². The Morgan fingerprint density at radius 2 is 1.74 bits per heavy atom. The highest BCUT2D eigenvalue weighted by atomic mass is 19.4. The third-order valence-corrected chi connectivity index (χ3v) is 5.16. The fraction of sp³-hybridized carbons (Fsp3) is 0.524. The molecular formula is C21H25F3O3. The number of esters is 1. The molecule has 1 fully saturated rings. The fourth-order valence-corrected chi connectivity index (χ4v) is 3.30. The summed E-state index contributed by atoms with van der Waals surface area (Å²) < 4.78 is 44.7. The molecule has 1 unspecified atom stereocenters. The van der Waals surface area contributed by atoms with E-state index in [-0.39, 0.29) is 12.8 Å². The normalized spacial score (nSPS) is 17.8. The minimum Gasteiger partial charge on any atom is -0.462 e. The quantitative estimate of drug-likeness (QED) is 0.476. The number of ether oxygens (including phenoxy) is 1. The standard InChI is InChI=1S/C21H25F3O3/c1-3-15-9-11-16(12-10-15)13-14-20(2,18(25)21(22,23)24)19(26)27-17-7-5-4-6-8-17/h3,9-12,17H,1,4-8,13-14H2,2H3. The first kappa shape index (κ1) is 21.2. The molecule has 2 rings (SSSR count). The number of Topliss-reactive ketones (excluding diaryl/α,β-unsaturated/α-hetero) is 1. The summed E-state index contributed by atoms with van der Waals surface area (Å²) in [7, 11) is 0. The van der Waals surface area contributed by atoms with Gasteiger partial charge in [-0.3, -0.25) is 9.59 Å². The Labute approximate surface area is 157 Å². The van der Waals surface area contributed by atoms with Crippen molar-refractivity contribution in [2.75, 3.05) is 0 Å². The van der Waals surface area contributed by atoms with E-state index in [1.165, 1.54) is 0 Å². The van der Waals surface area contributed by atoms with E-state index >= 15 is 0 Å². The van der Waals surface area contributed by atoms with Crippen LogP contribution in [0, 0.1) is 5.41 Å². The summed E-state index contributed by atoms with van der Waals surface area (Å²) in [4.78, 5) is 24.6. The van der Waals surface area contributed by atoms with Crippen molar-refractivity contribution < 1.29 is 27.5 Å². The van der Waals surface area contributed by atoms with Crippen molar-refractivity contribution in [2.45, 2.75) is 64.1 Å². The van der Waals surface area contributed by atoms with Crippen LogP contribution in [-0.2, 0) is 20.7 Å². The molecule has 1 saturated carbocycles. The van der Waals surface area contributed by atoms with Gasteiger partial charge >= 0.3 is 12.1 Å². The summed E-state index contributed by atoms with van der Waals surface area (Å²) in [6.07, 6.45) is 0.0900. The zero-order chi connectivity index (χ0) is 20.1. The van der Waals surface area contributed by atoms with Crippen LogP contribution in [0.1, 0.15) is 56.6 Å². The second-order valence-electron chi connectivity index (χ2n) is 7.27. The minimum atomic E-state index is -5.09. The van der Waals surface area contributed by atoms with E-state index in [9.17, 15) is 22.8 Å². The number of halogens is 3. The second-order valence-corrected chi connectivity index (χ2v) is 7.27. The van der Waals surface area contributed by atoms with Gasteiger partial charge in [0, 0.05) is 0 Å². The molecule has 0 bridgehead atoms. The predicted molar refractivity (Wildman–Crippen MR) is 97.0 cm³/mol. The van der Waals surface area contributed by atoms with Crippen LogP contribution in [-0.4, -0.2) is 24.0 Å². The maximum absolute atomic E-state index is 13.1. The molecule has 1 aliphatic rings. The van der Waals surface area contributed by atoms with Crippen molar-refractivity contribution in [1.82, 2.24) is 0 Å². The monoisotopic (exact) mass is 382 g/mol. The van der Waals surface area contributed by atoms with E-state index in [4.69, 9.17) is 4.74 Å². The van der Waals surface area contributed by atoms with Crippen LogP contribution < -0.4 is 0 Å². The van der Waals surface area contributed by atoms with E-state index in [0.717, 1.165) is 37.3 Å². The number of hydrogen-bond donors (Lipinski definition) is 0. The van der Waals surface area contributed by atoms with Crippen LogP contribution in [0.15, 0.2) is 30.8 Å². The summed E-state index contributed by atoms with van der Waals surface area (Å²) >= 11 is 0. The van der Waals surface area contributed by atoms with E-state index in [2.05, 4.69) is 6.58 Å². The van der Waals surface area contributed by atoms with Crippen LogP contribution >= 0.6 is 0 Å². The van der Waals surface area contributed by atoms with Crippen LogP contribution in [0.2, 0.25) is 0 Å². The van der Waals surface area contributed by atoms with Crippen LogP contribution in [0.4, 0.5) is 13.2 Å². The molecule has 1 aliphatic carbocycles. The van der Waals surface area contributed by atoms with Gasteiger partial charge in [0.25, 0.3) is 5.78 Å². The van der Waals surface area contributed by atoms with E-state index in [1.807, 2.05) is 0 Å². The SMILES string of the molecule is C=Cc1ccc(CCC(C)(C(=O)OC2CCCCC2)C(=O)C(F)(F)F)cc1. The number of hydrogen-bond acceptors (Lipinski definition) is 3. The summed E-state index contributed by atoms with van der Waals surface area (Å²) in [6.45, 7) is 4.69. The lowest BCUT2D eigenvalue weighted by Gasteiger charge is -2.30. The number of carbonyl (C=O) groups is 2. The number of alkyl halides is 3. The molecule has 0 aliphatic heterocycles. The Morgan fingerprint density at radius 3 is 2.26 bits per heavy atom. The lowest BCUT2D eigenvalue weighted by molar-refractivity contribution is -0.191. The highest BCUT2D eigenvalue weighted by Gasteiger charge is 2.55. The first-order valence-electron chi connectivity index (χ1n) is 9.21. The van der Waals surface area contributed by atoms with E-state index in [1.54, 1.807) is 30.3 Å². The van der Waals surface area contributed by atoms with Gasteiger partial charge in [0.05, 0.1) is 0 Å². The third-order valence-electron chi connectivity index (χ3n) is 5.16. The third kappa shape index (κ3) is 5.44. The first-order valence-corrected chi connectivity index (χ1v) is 9.21. The number of aryl methyl sites for hydroxylation is 1. The van der Waals surface area contributed by atoms with Gasteiger partial charge in [0.2, 0.25) is 0 Å². The summed E-state index contributed by atoms with van der Waals surface area (Å²) in [6, 6.07) is 7.07. The Morgan fingerprint density at radius 1 is 1.15 bits per heavy atom. The Kier molecular flexibility index (Phi) is 6.84. The number of ketones is 1. The number of benzene rings is 1. The second kappa shape index (κ2) is 8.72. The van der Waals surface area contributed by atoms with Crippen LogP contribution in [0.3, 0.4) is 0 Å². The smallest absolute Gasteiger partial charge is 0.451 e. The molecule has 6 heteroatoms. The van der Waals surface area contributed by atoms with Crippen molar-refractivity contribution in [1.29, 1.82) is 0 Å². The highest BCUT2D eigenvalue weighted by molar-refractivity contribution is 6.06. The van der Waals surface area contributed by atoms with Gasteiger partial charge < -0.3 is 4.74 Å². The summed E-state index contributed by atoms with van der Waals surface area (Å²) in [5.41, 5.74) is -0.621. The average Bonchev–Trinajstić information content (AvgIpc) is 2.66. The van der Waals surface area contributed by atoms with Crippen molar-refractivity contribution in [2.24, 2.45) is 5.41 Å². The molecular weight excluding hydrogens is 357 g/mol. The van der Waals surface area contributed by atoms with Gasteiger partial charge in [-0.1, -0.05) is 43.3 Å². The molecule has 0 saturated heterocycles. The molecule has 148 valence electrons. The minimum absolute atomic E-state index is 0.162. The van der Waals surface area contributed by atoms with Crippen molar-refractivity contribution in [3.63, 3.8) is 0 Å². The molecule has 1 aromatic carbocycles. The maximum Gasteiger partial charge on any atom is 0.451 e. The molecule has 3 nitrogen and oxygen atoms in total. The maximum atomic E-state index is 13.1. The van der Waals surface area contributed by atoms with Gasteiger partial charge in [-0.25, -0.2) is 0 Å². The van der Waals surface area contributed by atoms with E-state index < -0.39 is 29.4 Å². The molecule has 27 heavy (non-hydrogen) atoms.